The Kier molecular flexibility index (Phi) is 12.1. The molecule has 8 heteroatoms. The molecule has 3 rings (SSSR count). The van der Waals surface area contributed by atoms with Crippen molar-refractivity contribution >= 4 is 35.5 Å². The van der Waals surface area contributed by atoms with E-state index in [9.17, 15) is 14.4 Å². The third-order valence-corrected chi connectivity index (χ3v) is 6.91. The van der Waals surface area contributed by atoms with Gasteiger partial charge in [-0.3, -0.25) is 14.9 Å². The van der Waals surface area contributed by atoms with Gasteiger partial charge in [-0.05, 0) is 81.9 Å². The highest BCUT2D eigenvalue weighted by atomic mass is 16.6. The number of carbonyl (C=O) groups excluding carboxylic acids is 3. The van der Waals surface area contributed by atoms with Gasteiger partial charge in [-0.2, -0.15) is 0 Å². The van der Waals surface area contributed by atoms with Crippen LogP contribution in [-0.2, 0) is 9.53 Å². The molecular weight excluding hydrogens is 540 g/mol. The van der Waals surface area contributed by atoms with E-state index in [1.54, 1.807) is 20.8 Å². The molecular formula is C35H48N4O4. The molecule has 0 saturated heterocycles. The molecule has 1 aliphatic rings. The number of ether oxygens (including phenoxy) is 1. The van der Waals surface area contributed by atoms with Crippen LogP contribution < -0.4 is 5.32 Å². The van der Waals surface area contributed by atoms with Gasteiger partial charge >= 0.3 is 6.09 Å². The number of rotatable bonds is 11. The molecule has 0 spiro atoms. The van der Waals surface area contributed by atoms with E-state index in [0.29, 0.717) is 35.7 Å². The first kappa shape index (κ1) is 33.6. The first-order valence-corrected chi connectivity index (χ1v) is 15.6. The van der Waals surface area contributed by atoms with Gasteiger partial charge in [0.05, 0.1) is 5.69 Å². The molecule has 1 aliphatic heterocycles. The molecule has 0 bridgehead atoms. The quantitative estimate of drug-likeness (QED) is 0.293. The lowest BCUT2D eigenvalue weighted by Gasteiger charge is -2.23. The number of aliphatic imine (C=N–C) groups is 1. The van der Waals surface area contributed by atoms with Crippen molar-refractivity contribution in [1.82, 2.24) is 15.1 Å². The Balaban J connectivity index is 1.98. The summed E-state index contributed by atoms with van der Waals surface area (Å²) in [6.45, 7) is 16.5. The Bertz CT molecular complexity index is 1330. The molecule has 43 heavy (non-hydrogen) atoms. The van der Waals surface area contributed by atoms with Crippen molar-refractivity contribution < 1.29 is 19.1 Å². The van der Waals surface area contributed by atoms with Crippen molar-refractivity contribution in [3.63, 3.8) is 0 Å². The summed E-state index contributed by atoms with van der Waals surface area (Å²) in [6, 6.07) is 13.5. The van der Waals surface area contributed by atoms with Crippen molar-refractivity contribution in [2.24, 2.45) is 4.99 Å². The van der Waals surface area contributed by atoms with Gasteiger partial charge in [0.25, 0.3) is 5.91 Å². The van der Waals surface area contributed by atoms with E-state index in [-0.39, 0.29) is 18.2 Å². The maximum absolute atomic E-state index is 13.6. The zero-order valence-electron chi connectivity index (χ0n) is 27.0. The number of nitrogens with zero attached hydrogens (tertiary/aromatic N) is 3. The number of hydrogen-bond acceptors (Lipinski definition) is 5. The molecule has 0 unspecified atom stereocenters. The molecule has 1 heterocycles. The standard InChI is InChI=1S/C35H48N4O4/c1-8-18-38(19-9-2)32(40)26-14-12-25(13-15-26)27-16-17-28-22-29(33(41)39(20-10-3)21-11-4)24-31(36-30(28)23-27)37-34(42)43-35(5,6)7/h12-17,22-23H,8-11,18-21,24H2,1-7H3,(H,36,37,42). The second-order valence-corrected chi connectivity index (χ2v) is 12.0. The maximum atomic E-state index is 13.6. The zero-order valence-corrected chi connectivity index (χ0v) is 27.0. The van der Waals surface area contributed by atoms with E-state index < -0.39 is 11.7 Å². The van der Waals surface area contributed by atoms with Crippen molar-refractivity contribution in [3.05, 3.63) is 59.2 Å². The van der Waals surface area contributed by atoms with Crippen molar-refractivity contribution in [3.8, 4) is 11.1 Å². The van der Waals surface area contributed by atoms with Crippen molar-refractivity contribution in [1.29, 1.82) is 0 Å². The summed E-state index contributed by atoms with van der Waals surface area (Å²) >= 11 is 0. The molecule has 0 aliphatic carbocycles. The fourth-order valence-corrected chi connectivity index (χ4v) is 5.08. The Morgan fingerprint density at radius 3 is 1.86 bits per heavy atom. The SMILES string of the molecule is CCCN(CCC)C(=O)C1=Cc2ccc(-c3ccc(C(=O)N(CCC)CCC)cc3)cc2N=C(NC(=O)OC(C)(C)C)C1. The summed E-state index contributed by atoms with van der Waals surface area (Å²) in [5.74, 6) is 0.340. The lowest BCUT2D eigenvalue weighted by molar-refractivity contribution is -0.127. The number of alkyl carbamates (subject to hydrolysis) is 1. The monoisotopic (exact) mass is 588 g/mol. The van der Waals surface area contributed by atoms with Crippen LogP contribution >= 0.6 is 0 Å². The molecule has 2 aromatic rings. The van der Waals surface area contributed by atoms with Gasteiger partial charge in [-0.1, -0.05) is 52.0 Å². The summed E-state index contributed by atoms with van der Waals surface area (Å²) in [5, 5.41) is 2.79. The highest BCUT2D eigenvalue weighted by molar-refractivity contribution is 6.08. The topological polar surface area (TPSA) is 91.3 Å². The first-order chi connectivity index (χ1) is 20.5. The van der Waals surface area contributed by atoms with Gasteiger partial charge in [0.1, 0.15) is 11.4 Å². The molecule has 3 amide bonds. The van der Waals surface area contributed by atoms with Gasteiger partial charge < -0.3 is 14.5 Å². The van der Waals surface area contributed by atoms with Crippen LogP contribution in [0.1, 0.15) is 96.5 Å². The van der Waals surface area contributed by atoms with Crippen molar-refractivity contribution in [2.75, 3.05) is 26.2 Å². The number of nitrogens with one attached hydrogen (secondary N) is 1. The molecule has 1 N–H and O–H groups in total. The lowest BCUT2D eigenvalue weighted by atomic mass is 9.99. The molecule has 0 aromatic heterocycles. The number of carbonyl (C=O) groups is 3. The highest BCUT2D eigenvalue weighted by Gasteiger charge is 2.25. The van der Waals surface area contributed by atoms with E-state index in [4.69, 9.17) is 9.73 Å². The van der Waals surface area contributed by atoms with Gasteiger partial charge in [0, 0.05) is 49.3 Å². The highest BCUT2D eigenvalue weighted by Crippen LogP contribution is 2.32. The molecule has 0 saturated carbocycles. The Morgan fingerprint density at radius 2 is 1.33 bits per heavy atom. The van der Waals surface area contributed by atoms with E-state index in [2.05, 4.69) is 33.0 Å². The zero-order chi connectivity index (χ0) is 31.6. The average Bonchev–Trinajstić information content (AvgIpc) is 3.13. The van der Waals surface area contributed by atoms with Crippen LogP contribution in [-0.4, -0.2) is 65.3 Å². The van der Waals surface area contributed by atoms with Crippen LogP contribution in [0.4, 0.5) is 10.5 Å². The van der Waals surface area contributed by atoms with Gasteiger partial charge in [-0.25, -0.2) is 9.79 Å². The Hall–Kier alpha value is -3.94. The second-order valence-electron chi connectivity index (χ2n) is 12.0. The minimum atomic E-state index is -0.675. The smallest absolute Gasteiger partial charge is 0.413 e. The minimum Gasteiger partial charge on any atom is -0.444 e. The molecule has 2 aromatic carbocycles. The number of hydrogen-bond donors (Lipinski definition) is 1. The van der Waals surface area contributed by atoms with Crippen LogP contribution in [0.25, 0.3) is 17.2 Å². The van der Waals surface area contributed by atoms with Crippen molar-refractivity contribution in [2.45, 2.75) is 86.2 Å². The minimum absolute atomic E-state index is 0.0437. The van der Waals surface area contributed by atoms with E-state index in [1.807, 2.05) is 58.3 Å². The number of benzene rings is 2. The summed E-state index contributed by atoms with van der Waals surface area (Å²) in [7, 11) is 0. The Morgan fingerprint density at radius 1 is 0.791 bits per heavy atom. The molecule has 232 valence electrons. The van der Waals surface area contributed by atoms with Crippen LogP contribution in [0, 0.1) is 0 Å². The average molecular weight is 589 g/mol. The van der Waals surface area contributed by atoms with Gasteiger partial charge in [0.2, 0.25) is 5.91 Å². The summed E-state index contributed by atoms with van der Waals surface area (Å²) in [4.78, 5) is 48.0. The van der Waals surface area contributed by atoms with Crippen LogP contribution in [0.15, 0.2) is 53.0 Å². The predicted octanol–water partition coefficient (Wildman–Crippen LogP) is 7.61. The Labute approximate surface area is 257 Å². The predicted molar refractivity (Wildman–Crippen MR) is 175 cm³/mol. The lowest BCUT2D eigenvalue weighted by Crippen LogP contribution is -2.38. The molecule has 0 fully saturated rings. The van der Waals surface area contributed by atoms with E-state index in [1.165, 1.54) is 0 Å². The van der Waals surface area contributed by atoms with Crippen LogP contribution in [0.5, 0.6) is 0 Å². The van der Waals surface area contributed by atoms with Gasteiger partial charge in [-0.15, -0.1) is 0 Å². The normalized spacial score (nSPS) is 12.8. The molecule has 0 radical (unpaired) electrons. The van der Waals surface area contributed by atoms with Crippen LogP contribution in [0.2, 0.25) is 0 Å². The first-order valence-electron chi connectivity index (χ1n) is 15.6. The van der Waals surface area contributed by atoms with Gasteiger partial charge in [0.15, 0.2) is 0 Å². The number of fused-ring (bicyclic) bond motifs is 1. The fourth-order valence-electron chi connectivity index (χ4n) is 5.08. The third-order valence-electron chi connectivity index (χ3n) is 6.91. The molecule has 8 nitrogen and oxygen atoms in total. The summed E-state index contributed by atoms with van der Waals surface area (Å²) in [5.41, 5.74) is 3.84. The number of amides is 3. The fraction of sp³-hybridized carbons (Fsp3) is 0.486. The largest absolute Gasteiger partial charge is 0.444 e. The van der Waals surface area contributed by atoms with E-state index in [0.717, 1.165) is 55.5 Å². The third kappa shape index (κ3) is 9.53. The number of amidine groups is 1. The molecule has 0 atom stereocenters. The summed E-state index contributed by atoms with van der Waals surface area (Å²) in [6.07, 6.45) is 4.99. The second kappa shape index (κ2) is 15.5. The van der Waals surface area contributed by atoms with Crippen LogP contribution in [0.3, 0.4) is 0 Å². The maximum Gasteiger partial charge on any atom is 0.413 e. The summed E-state index contributed by atoms with van der Waals surface area (Å²) < 4.78 is 5.48. The van der Waals surface area contributed by atoms with E-state index >= 15 is 0 Å².